The highest BCUT2D eigenvalue weighted by Crippen LogP contribution is 2.30. The standard InChI is InChI=1S/C21H23N5O/c1-13(2)21(27)23-19-20-25-24-14(3)26(20)17-12-8-7-11-16(17)18(22-19)15-9-5-4-6-10-15/h4-13,19,21,23,27H,1-3H3. The average Bonchev–Trinajstić information content (AvgIpc) is 3.00. The van der Waals surface area contributed by atoms with Gasteiger partial charge in [-0.15, -0.1) is 10.2 Å². The number of para-hydroxylation sites is 1. The summed E-state index contributed by atoms with van der Waals surface area (Å²) in [6, 6.07) is 18.2. The van der Waals surface area contributed by atoms with Gasteiger partial charge >= 0.3 is 0 Å². The Balaban J connectivity index is 1.94. The number of aliphatic hydroxyl groups is 1. The molecular weight excluding hydrogens is 338 g/mol. The molecule has 0 saturated heterocycles. The second-order valence-electron chi connectivity index (χ2n) is 7.06. The molecule has 4 rings (SSSR count). The topological polar surface area (TPSA) is 75.3 Å². The highest BCUT2D eigenvalue weighted by atomic mass is 16.3. The highest BCUT2D eigenvalue weighted by Gasteiger charge is 2.29. The van der Waals surface area contributed by atoms with Gasteiger partial charge in [-0.2, -0.15) is 0 Å². The number of nitrogens with zero attached hydrogens (tertiary/aromatic N) is 4. The van der Waals surface area contributed by atoms with E-state index < -0.39 is 12.4 Å². The van der Waals surface area contributed by atoms with Gasteiger partial charge in [0.25, 0.3) is 0 Å². The Bertz CT molecular complexity index is 977. The summed E-state index contributed by atoms with van der Waals surface area (Å²) in [6.45, 7) is 5.85. The van der Waals surface area contributed by atoms with Crippen molar-refractivity contribution in [3.63, 3.8) is 0 Å². The molecule has 1 aliphatic heterocycles. The molecule has 2 N–H and O–H groups in total. The van der Waals surface area contributed by atoms with Crippen molar-refractivity contribution in [2.45, 2.75) is 33.2 Å². The van der Waals surface area contributed by atoms with Crippen molar-refractivity contribution < 1.29 is 5.11 Å². The number of fused-ring (bicyclic) bond motifs is 3. The summed E-state index contributed by atoms with van der Waals surface area (Å²) in [7, 11) is 0. The molecule has 1 aliphatic rings. The zero-order valence-corrected chi connectivity index (χ0v) is 15.7. The first-order valence-corrected chi connectivity index (χ1v) is 9.15. The summed E-state index contributed by atoms with van der Waals surface area (Å²) in [4.78, 5) is 4.99. The van der Waals surface area contributed by atoms with Crippen LogP contribution in [0.1, 0.15) is 42.8 Å². The fraction of sp³-hybridized carbons (Fsp3) is 0.286. The van der Waals surface area contributed by atoms with Crippen molar-refractivity contribution in [2.75, 3.05) is 0 Å². The van der Waals surface area contributed by atoms with Crippen LogP contribution in [0.25, 0.3) is 5.69 Å². The normalized spacial score (nSPS) is 17.1. The lowest BCUT2D eigenvalue weighted by molar-refractivity contribution is 0.0771. The molecule has 1 aromatic heterocycles. The number of aromatic nitrogens is 3. The van der Waals surface area contributed by atoms with Crippen LogP contribution in [0.3, 0.4) is 0 Å². The van der Waals surface area contributed by atoms with Crippen LogP contribution >= 0.6 is 0 Å². The van der Waals surface area contributed by atoms with Gasteiger partial charge in [-0.3, -0.25) is 14.9 Å². The second kappa shape index (κ2) is 7.06. The van der Waals surface area contributed by atoms with Gasteiger partial charge in [0, 0.05) is 11.1 Å². The van der Waals surface area contributed by atoms with Gasteiger partial charge in [0.05, 0.1) is 11.4 Å². The maximum atomic E-state index is 10.4. The molecule has 27 heavy (non-hydrogen) atoms. The van der Waals surface area contributed by atoms with Crippen LogP contribution in [0.5, 0.6) is 0 Å². The van der Waals surface area contributed by atoms with Gasteiger partial charge in [-0.05, 0) is 18.9 Å². The van der Waals surface area contributed by atoms with E-state index in [1.54, 1.807) is 0 Å². The van der Waals surface area contributed by atoms with E-state index in [0.717, 1.165) is 28.4 Å². The quantitative estimate of drug-likeness (QED) is 0.701. The third-order valence-corrected chi connectivity index (χ3v) is 4.76. The summed E-state index contributed by atoms with van der Waals surface area (Å²) >= 11 is 0. The molecule has 2 aromatic carbocycles. The van der Waals surface area contributed by atoms with E-state index in [-0.39, 0.29) is 5.92 Å². The zero-order chi connectivity index (χ0) is 19.0. The lowest BCUT2D eigenvalue weighted by atomic mass is 10.0. The van der Waals surface area contributed by atoms with Crippen molar-refractivity contribution in [1.82, 2.24) is 20.1 Å². The van der Waals surface area contributed by atoms with Gasteiger partial charge in [-0.1, -0.05) is 62.4 Å². The molecule has 0 fully saturated rings. The molecule has 6 heteroatoms. The minimum atomic E-state index is -0.706. The molecular formula is C21H23N5O. The number of hydrogen-bond donors (Lipinski definition) is 2. The molecule has 138 valence electrons. The highest BCUT2D eigenvalue weighted by molar-refractivity contribution is 6.15. The monoisotopic (exact) mass is 361 g/mol. The molecule has 6 nitrogen and oxygen atoms in total. The largest absolute Gasteiger partial charge is 0.378 e. The van der Waals surface area contributed by atoms with Crippen LogP contribution in [-0.4, -0.2) is 31.8 Å². The summed E-state index contributed by atoms with van der Waals surface area (Å²) in [5.74, 6) is 1.50. The number of aliphatic imine (C=N–C) groups is 1. The molecule has 3 aromatic rings. The molecule has 0 spiro atoms. The summed E-state index contributed by atoms with van der Waals surface area (Å²) in [5.41, 5.74) is 3.88. The van der Waals surface area contributed by atoms with Crippen molar-refractivity contribution in [1.29, 1.82) is 0 Å². The summed E-state index contributed by atoms with van der Waals surface area (Å²) in [6.07, 6.45) is -1.21. The number of hydrogen-bond acceptors (Lipinski definition) is 5. The SMILES string of the molecule is Cc1nnc2n1-c1ccccc1C(c1ccccc1)=NC2NC(O)C(C)C. The predicted molar refractivity (Wildman–Crippen MR) is 105 cm³/mol. The minimum Gasteiger partial charge on any atom is -0.378 e. The maximum Gasteiger partial charge on any atom is 0.177 e. The number of benzene rings is 2. The lowest BCUT2D eigenvalue weighted by Crippen LogP contribution is -2.37. The van der Waals surface area contributed by atoms with Gasteiger partial charge in [-0.25, -0.2) is 0 Å². The van der Waals surface area contributed by atoms with Crippen molar-refractivity contribution in [3.8, 4) is 5.69 Å². The zero-order valence-electron chi connectivity index (χ0n) is 15.7. The third kappa shape index (κ3) is 3.18. The third-order valence-electron chi connectivity index (χ3n) is 4.76. The van der Waals surface area contributed by atoms with Crippen molar-refractivity contribution in [3.05, 3.63) is 77.4 Å². The van der Waals surface area contributed by atoms with Gasteiger partial charge in [0.2, 0.25) is 0 Å². The Morgan fingerprint density at radius 2 is 1.70 bits per heavy atom. The number of rotatable bonds is 4. The summed E-state index contributed by atoms with van der Waals surface area (Å²) in [5, 5.41) is 22.3. The molecule has 2 heterocycles. The van der Waals surface area contributed by atoms with Gasteiger partial charge in [0.15, 0.2) is 12.0 Å². The number of aryl methyl sites for hydroxylation is 1. The van der Waals surface area contributed by atoms with Crippen LogP contribution in [0.4, 0.5) is 0 Å². The lowest BCUT2D eigenvalue weighted by Gasteiger charge is -2.21. The van der Waals surface area contributed by atoms with E-state index in [4.69, 9.17) is 4.99 Å². The van der Waals surface area contributed by atoms with Gasteiger partial charge in [0.1, 0.15) is 12.1 Å². The van der Waals surface area contributed by atoms with E-state index in [0.29, 0.717) is 5.82 Å². The molecule has 0 saturated carbocycles. The first-order chi connectivity index (χ1) is 13.1. The van der Waals surface area contributed by atoms with E-state index in [9.17, 15) is 5.11 Å². The first-order valence-electron chi connectivity index (χ1n) is 9.15. The van der Waals surface area contributed by atoms with Crippen LogP contribution in [0.15, 0.2) is 59.6 Å². The van der Waals surface area contributed by atoms with Gasteiger partial charge < -0.3 is 5.11 Å². The molecule has 2 atom stereocenters. The van der Waals surface area contributed by atoms with Crippen molar-refractivity contribution in [2.24, 2.45) is 10.9 Å². The fourth-order valence-corrected chi connectivity index (χ4v) is 3.27. The predicted octanol–water partition coefficient (Wildman–Crippen LogP) is 2.99. The minimum absolute atomic E-state index is 0.0449. The average molecular weight is 361 g/mol. The Hall–Kier alpha value is -2.83. The van der Waals surface area contributed by atoms with E-state index in [2.05, 4.69) is 27.6 Å². The molecule has 0 amide bonds. The van der Waals surface area contributed by atoms with Crippen LogP contribution in [0.2, 0.25) is 0 Å². The Labute approximate surface area is 158 Å². The Morgan fingerprint density at radius 1 is 1.00 bits per heavy atom. The molecule has 0 radical (unpaired) electrons. The van der Waals surface area contributed by atoms with E-state index in [1.165, 1.54) is 0 Å². The molecule has 0 aliphatic carbocycles. The Morgan fingerprint density at radius 3 is 2.44 bits per heavy atom. The molecule has 2 unspecified atom stereocenters. The van der Waals surface area contributed by atoms with E-state index >= 15 is 0 Å². The van der Waals surface area contributed by atoms with Crippen LogP contribution < -0.4 is 5.32 Å². The smallest absolute Gasteiger partial charge is 0.177 e. The number of aliphatic hydroxyl groups excluding tert-OH is 1. The molecule has 0 bridgehead atoms. The number of nitrogens with one attached hydrogen (secondary N) is 1. The van der Waals surface area contributed by atoms with E-state index in [1.807, 2.05) is 67.8 Å². The maximum absolute atomic E-state index is 10.4. The fourth-order valence-electron chi connectivity index (χ4n) is 3.27. The van der Waals surface area contributed by atoms with Crippen LogP contribution in [0, 0.1) is 12.8 Å². The van der Waals surface area contributed by atoms with Crippen LogP contribution in [-0.2, 0) is 0 Å². The van der Waals surface area contributed by atoms with Crippen molar-refractivity contribution >= 4 is 5.71 Å². The first kappa shape index (κ1) is 17.6. The second-order valence-corrected chi connectivity index (χ2v) is 7.06. The Kier molecular flexibility index (Phi) is 4.59. The summed E-state index contributed by atoms with van der Waals surface area (Å²) < 4.78 is 2.01.